The van der Waals surface area contributed by atoms with Crippen LogP contribution in [0.25, 0.3) is 22.9 Å². The summed E-state index contributed by atoms with van der Waals surface area (Å²) in [5.74, 6) is 0.888. The van der Waals surface area contributed by atoms with Crippen LogP contribution in [0.1, 0.15) is 43.0 Å². The Balaban J connectivity index is 1.52. The normalized spacial score (nSPS) is 13.2. The summed E-state index contributed by atoms with van der Waals surface area (Å²) in [7, 11) is 0. The fourth-order valence-corrected chi connectivity index (χ4v) is 4.38. The summed E-state index contributed by atoms with van der Waals surface area (Å²) in [6, 6.07) is 36.2. The lowest BCUT2D eigenvalue weighted by molar-refractivity contribution is 0.590. The van der Waals surface area contributed by atoms with Crippen LogP contribution in [0.2, 0.25) is 0 Å². The van der Waals surface area contributed by atoms with Crippen molar-refractivity contribution in [3.05, 3.63) is 144 Å². The van der Waals surface area contributed by atoms with E-state index < -0.39 is 0 Å². The molecule has 0 bridgehead atoms. The summed E-state index contributed by atoms with van der Waals surface area (Å²) in [6.07, 6.45) is 3.65. The predicted octanol–water partition coefficient (Wildman–Crippen LogP) is 8.71. The molecule has 5 rings (SSSR count). The molecule has 0 spiro atoms. The number of nitrogens with zero attached hydrogens (tertiary/aromatic N) is 2. The summed E-state index contributed by atoms with van der Waals surface area (Å²) in [5, 5.41) is 0. The number of hydrogen-bond acceptors (Lipinski definition) is 2. The van der Waals surface area contributed by atoms with Crippen molar-refractivity contribution in [1.29, 1.82) is 0 Å². The molecule has 0 radical (unpaired) electrons. The number of para-hydroxylation sites is 1. The van der Waals surface area contributed by atoms with Crippen LogP contribution in [-0.4, -0.2) is 5.84 Å². The first kappa shape index (κ1) is 23.4. The Labute approximate surface area is 214 Å². The third-order valence-electron chi connectivity index (χ3n) is 6.49. The Kier molecular flexibility index (Phi) is 6.29. The van der Waals surface area contributed by atoms with Crippen molar-refractivity contribution < 1.29 is 0 Å². The molecule has 0 fully saturated rings. The van der Waals surface area contributed by atoms with Crippen molar-refractivity contribution in [2.45, 2.75) is 26.2 Å². The largest absolute Gasteiger partial charge is 0.287 e. The summed E-state index contributed by atoms with van der Waals surface area (Å²) in [4.78, 5) is 6.98. The molecule has 4 aromatic rings. The van der Waals surface area contributed by atoms with Crippen molar-refractivity contribution >= 4 is 23.3 Å². The zero-order valence-electron chi connectivity index (χ0n) is 21.1. The first-order valence-electron chi connectivity index (χ1n) is 12.3. The highest BCUT2D eigenvalue weighted by Gasteiger charge is 2.23. The Hall–Kier alpha value is -4.39. The van der Waals surface area contributed by atoms with Gasteiger partial charge < -0.3 is 0 Å². The molecule has 176 valence electrons. The summed E-state index contributed by atoms with van der Waals surface area (Å²) in [6.45, 7) is 10.5. The molecule has 0 saturated carbocycles. The van der Waals surface area contributed by atoms with Gasteiger partial charge in [-0.1, -0.05) is 130 Å². The number of anilines is 1. The van der Waals surface area contributed by atoms with Crippen LogP contribution in [-0.2, 0) is 5.41 Å². The third kappa shape index (κ3) is 4.73. The van der Waals surface area contributed by atoms with E-state index in [-0.39, 0.29) is 5.41 Å². The SMILES string of the molecule is C=Cc1ccc(-c2ccc(C3=C=CN=C(c4ccc(C(C)(C)C)cc4)N3c3ccccc3)cc2)cc1. The van der Waals surface area contributed by atoms with Gasteiger partial charge in [-0.25, -0.2) is 4.99 Å². The highest BCUT2D eigenvalue weighted by molar-refractivity contribution is 6.18. The van der Waals surface area contributed by atoms with E-state index >= 15 is 0 Å². The Bertz CT molecular complexity index is 1460. The first-order valence-corrected chi connectivity index (χ1v) is 12.3. The molecule has 36 heavy (non-hydrogen) atoms. The van der Waals surface area contributed by atoms with Gasteiger partial charge in [0.15, 0.2) is 0 Å². The summed E-state index contributed by atoms with van der Waals surface area (Å²) in [5.41, 5.74) is 12.5. The van der Waals surface area contributed by atoms with Crippen LogP contribution in [0.3, 0.4) is 0 Å². The summed E-state index contributed by atoms with van der Waals surface area (Å²) < 4.78 is 0. The van der Waals surface area contributed by atoms with Crippen LogP contribution < -0.4 is 4.90 Å². The molecule has 0 amide bonds. The molecule has 0 aromatic heterocycles. The van der Waals surface area contributed by atoms with E-state index in [1.807, 2.05) is 12.1 Å². The highest BCUT2D eigenvalue weighted by atomic mass is 15.2. The minimum Gasteiger partial charge on any atom is -0.287 e. The topological polar surface area (TPSA) is 15.6 Å². The van der Waals surface area contributed by atoms with E-state index in [0.29, 0.717) is 0 Å². The van der Waals surface area contributed by atoms with Gasteiger partial charge in [0.05, 0.1) is 11.9 Å². The lowest BCUT2D eigenvalue weighted by Gasteiger charge is -2.30. The smallest absolute Gasteiger partial charge is 0.146 e. The molecule has 0 saturated heterocycles. The Morgan fingerprint density at radius 3 is 1.83 bits per heavy atom. The predicted molar refractivity (Wildman–Crippen MR) is 154 cm³/mol. The molecule has 0 atom stereocenters. The van der Waals surface area contributed by atoms with E-state index in [4.69, 9.17) is 4.99 Å². The second-order valence-corrected chi connectivity index (χ2v) is 9.98. The lowest BCUT2D eigenvalue weighted by atomic mass is 9.86. The van der Waals surface area contributed by atoms with E-state index in [0.717, 1.165) is 33.9 Å². The van der Waals surface area contributed by atoms with Crippen LogP contribution in [0.15, 0.2) is 127 Å². The maximum atomic E-state index is 4.78. The molecule has 2 heteroatoms. The third-order valence-corrected chi connectivity index (χ3v) is 6.49. The van der Waals surface area contributed by atoms with Gasteiger partial charge in [-0.15, -0.1) is 0 Å². The van der Waals surface area contributed by atoms with Crippen molar-refractivity contribution in [2.75, 3.05) is 4.90 Å². The number of benzene rings is 4. The van der Waals surface area contributed by atoms with Crippen molar-refractivity contribution in [3.63, 3.8) is 0 Å². The maximum absolute atomic E-state index is 4.78. The number of hydrogen-bond donors (Lipinski definition) is 0. The van der Waals surface area contributed by atoms with Gasteiger partial charge in [0.1, 0.15) is 5.84 Å². The molecule has 2 nitrogen and oxygen atoms in total. The molecule has 1 aliphatic heterocycles. The second-order valence-electron chi connectivity index (χ2n) is 9.98. The van der Waals surface area contributed by atoms with E-state index in [2.05, 4.69) is 135 Å². The highest BCUT2D eigenvalue weighted by Crippen LogP contribution is 2.32. The number of aliphatic imine (C=N–C) groups is 1. The van der Waals surface area contributed by atoms with Crippen LogP contribution in [0.5, 0.6) is 0 Å². The molecule has 4 aromatic carbocycles. The van der Waals surface area contributed by atoms with Crippen molar-refractivity contribution in [3.8, 4) is 11.1 Å². The summed E-state index contributed by atoms with van der Waals surface area (Å²) >= 11 is 0. The zero-order chi connectivity index (χ0) is 25.1. The van der Waals surface area contributed by atoms with Gasteiger partial charge in [0, 0.05) is 16.8 Å². The van der Waals surface area contributed by atoms with Crippen molar-refractivity contribution in [1.82, 2.24) is 0 Å². The van der Waals surface area contributed by atoms with Crippen LogP contribution in [0, 0.1) is 0 Å². The average molecular weight is 467 g/mol. The Morgan fingerprint density at radius 1 is 0.694 bits per heavy atom. The maximum Gasteiger partial charge on any atom is 0.146 e. The molecule has 1 aliphatic rings. The standard InChI is InChI=1S/C34H30N2/c1-5-25-11-13-26(14-12-25)27-15-17-28(18-16-27)32-23-24-35-33(36(32)31-9-7-6-8-10-31)29-19-21-30(22-20-29)34(2,3)4/h5-22,24H,1H2,2-4H3. The Morgan fingerprint density at radius 2 is 1.25 bits per heavy atom. The number of rotatable bonds is 5. The van der Waals surface area contributed by atoms with E-state index in [1.54, 1.807) is 6.20 Å². The quantitative estimate of drug-likeness (QED) is 0.269. The average Bonchev–Trinajstić information content (AvgIpc) is 2.93. The molecule has 1 heterocycles. The number of amidine groups is 1. The first-order chi connectivity index (χ1) is 17.4. The fourth-order valence-electron chi connectivity index (χ4n) is 4.38. The van der Waals surface area contributed by atoms with Gasteiger partial charge in [-0.2, -0.15) is 0 Å². The molecule has 0 aliphatic carbocycles. The molecule has 0 unspecified atom stereocenters. The van der Waals surface area contributed by atoms with Gasteiger partial charge in [0.2, 0.25) is 0 Å². The lowest BCUT2D eigenvalue weighted by Crippen LogP contribution is -2.31. The van der Waals surface area contributed by atoms with Crippen molar-refractivity contribution in [2.24, 2.45) is 4.99 Å². The van der Waals surface area contributed by atoms with Gasteiger partial charge in [-0.3, -0.25) is 4.90 Å². The van der Waals surface area contributed by atoms with E-state index in [1.165, 1.54) is 16.7 Å². The molecule has 0 N–H and O–H groups in total. The van der Waals surface area contributed by atoms with Gasteiger partial charge in [0.25, 0.3) is 0 Å². The van der Waals surface area contributed by atoms with Crippen LogP contribution in [0.4, 0.5) is 5.69 Å². The zero-order valence-corrected chi connectivity index (χ0v) is 21.1. The minimum atomic E-state index is 0.102. The monoisotopic (exact) mass is 466 g/mol. The van der Waals surface area contributed by atoms with Gasteiger partial charge >= 0.3 is 0 Å². The fraction of sp³-hybridized carbons (Fsp3) is 0.118. The van der Waals surface area contributed by atoms with Crippen LogP contribution >= 0.6 is 0 Å². The van der Waals surface area contributed by atoms with E-state index in [9.17, 15) is 0 Å². The molecular weight excluding hydrogens is 436 g/mol. The molecular formula is C34H30N2. The minimum absolute atomic E-state index is 0.102. The van der Waals surface area contributed by atoms with Gasteiger partial charge in [-0.05, 0) is 39.8 Å². The second kappa shape index (κ2) is 9.70.